The molecule has 5 nitrogen and oxygen atoms in total. The van der Waals surface area contributed by atoms with Crippen LogP contribution in [0.4, 0.5) is 0 Å². The van der Waals surface area contributed by atoms with Gasteiger partial charge in [-0.05, 0) is 37.3 Å². The van der Waals surface area contributed by atoms with Crippen molar-refractivity contribution in [2.45, 2.75) is 30.7 Å². The molecule has 1 fully saturated rings. The largest absolute Gasteiger partial charge is 0.340 e. The number of imide groups is 1. The lowest BCUT2D eigenvalue weighted by atomic mass is 10.0. The van der Waals surface area contributed by atoms with E-state index >= 15 is 0 Å². The van der Waals surface area contributed by atoms with Crippen LogP contribution in [0.15, 0.2) is 23.1 Å². The van der Waals surface area contributed by atoms with Gasteiger partial charge < -0.3 is 5.32 Å². The predicted molar refractivity (Wildman–Crippen MR) is 76.6 cm³/mol. The summed E-state index contributed by atoms with van der Waals surface area (Å²) in [7, 11) is 0. The maximum Gasteiger partial charge on any atom is 0.252 e. The predicted octanol–water partition coefficient (Wildman–Crippen LogP) is 1.25. The molecule has 1 aromatic carbocycles. The highest BCUT2D eigenvalue weighted by atomic mass is 32.2. The van der Waals surface area contributed by atoms with Gasteiger partial charge >= 0.3 is 0 Å². The molecule has 0 radical (unpaired) electrons. The molecule has 1 unspecified atom stereocenters. The van der Waals surface area contributed by atoms with E-state index < -0.39 is 11.9 Å². The van der Waals surface area contributed by atoms with Crippen LogP contribution in [-0.4, -0.2) is 30.0 Å². The summed E-state index contributed by atoms with van der Waals surface area (Å²) in [6, 6.07) is 4.99. The Morgan fingerprint density at radius 3 is 2.80 bits per heavy atom. The van der Waals surface area contributed by atoms with E-state index in [4.69, 9.17) is 0 Å². The zero-order chi connectivity index (χ0) is 14.7. The van der Waals surface area contributed by atoms with Gasteiger partial charge in [-0.15, -0.1) is 11.8 Å². The number of amides is 3. The molecule has 0 bridgehead atoms. The van der Waals surface area contributed by atoms with E-state index in [-0.39, 0.29) is 18.2 Å². The van der Waals surface area contributed by atoms with Crippen LogP contribution in [0, 0.1) is 6.92 Å². The summed E-state index contributed by atoms with van der Waals surface area (Å²) in [5.41, 5.74) is 1.41. The Labute approximate surface area is 121 Å². The molecule has 0 saturated carbocycles. The second-order valence-electron chi connectivity index (χ2n) is 4.66. The number of carbonyl (C=O) groups excluding carboxylic acids is 3. The third-order valence-corrected chi connectivity index (χ3v) is 3.96. The number of hydrogen-bond acceptors (Lipinski definition) is 4. The number of hydrogen-bond donors (Lipinski definition) is 2. The molecule has 6 heteroatoms. The second-order valence-corrected chi connectivity index (χ2v) is 5.54. The molecule has 1 aliphatic rings. The molecule has 1 heterocycles. The first-order valence-corrected chi connectivity index (χ1v) is 7.53. The summed E-state index contributed by atoms with van der Waals surface area (Å²) in [5.74, 6) is -1.01. The van der Waals surface area contributed by atoms with Crippen molar-refractivity contribution in [3.8, 4) is 0 Å². The maximum absolute atomic E-state index is 12.2. The molecule has 106 valence electrons. The van der Waals surface area contributed by atoms with E-state index in [9.17, 15) is 14.4 Å². The fraction of sp³-hybridized carbons (Fsp3) is 0.357. The highest BCUT2D eigenvalue weighted by Crippen LogP contribution is 2.19. The lowest BCUT2D eigenvalue weighted by molar-refractivity contribution is -0.134. The standard InChI is InChI=1S/C14H16N2O3S/c1-8-3-4-9(20-2)7-10(8)13(18)15-11-5-6-12(17)16-14(11)19/h3-4,7,11H,5-6H2,1-2H3,(H,15,18)(H,16,17,19). The number of benzene rings is 1. The molecule has 0 aromatic heterocycles. The van der Waals surface area contributed by atoms with Crippen molar-refractivity contribution in [3.63, 3.8) is 0 Å². The van der Waals surface area contributed by atoms with Crippen LogP contribution in [0.5, 0.6) is 0 Å². The lowest BCUT2D eigenvalue weighted by Gasteiger charge is -2.22. The Morgan fingerprint density at radius 1 is 1.40 bits per heavy atom. The molecule has 0 aliphatic carbocycles. The van der Waals surface area contributed by atoms with Crippen molar-refractivity contribution >= 4 is 29.5 Å². The van der Waals surface area contributed by atoms with E-state index in [1.165, 1.54) is 0 Å². The summed E-state index contributed by atoms with van der Waals surface area (Å²) in [4.78, 5) is 35.9. The van der Waals surface area contributed by atoms with Crippen LogP contribution in [0.3, 0.4) is 0 Å². The third-order valence-electron chi connectivity index (χ3n) is 3.23. The SMILES string of the molecule is CSc1ccc(C)c(C(=O)NC2CCC(=O)NC2=O)c1. The quantitative estimate of drug-likeness (QED) is 0.649. The van der Waals surface area contributed by atoms with Crippen molar-refractivity contribution < 1.29 is 14.4 Å². The average Bonchev–Trinajstić information content (AvgIpc) is 2.42. The molecule has 1 atom stereocenters. The van der Waals surface area contributed by atoms with E-state index in [0.29, 0.717) is 12.0 Å². The Hall–Kier alpha value is -1.82. The van der Waals surface area contributed by atoms with Crippen LogP contribution in [0.1, 0.15) is 28.8 Å². The van der Waals surface area contributed by atoms with Gasteiger partial charge in [0.2, 0.25) is 11.8 Å². The van der Waals surface area contributed by atoms with E-state index in [0.717, 1.165) is 10.5 Å². The molecule has 3 amide bonds. The minimum absolute atomic E-state index is 0.251. The zero-order valence-electron chi connectivity index (χ0n) is 11.4. The summed E-state index contributed by atoms with van der Waals surface area (Å²) < 4.78 is 0. The molecule has 2 N–H and O–H groups in total. The van der Waals surface area contributed by atoms with Crippen LogP contribution in [0.2, 0.25) is 0 Å². The minimum atomic E-state index is -0.641. The van der Waals surface area contributed by atoms with Crippen molar-refractivity contribution in [1.29, 1.82) is 0 Å². The summed E-state index contributed by atoms with van der Waals surface area (Å²) in [6.07, 6.45) is 2.53. The number of aryl methyl sites for hydroxylation is 1. The Kier molecular flexibility index (Phi) is 4.44. The van der Waals surface area contributed by atoms with Crippen molar-refractivity contribution in [1.82, 2.24) is 10.6 Å². The molecular formula is C14H16N2O3S. The van der Waals surface area contributed by atoms with E-state index in [1.807, 2.05) is 25.3 Å². The van der Waals surface area contributed by atoms with Gasteiger partial charge in [0.15, 0.2) is 0 Å². The van der Waals surface area contributed by atoms with Gasteiger partial charge in [0.1, 0.15) is 6.04 Å². The first-order valence-electron chi connectivity index (χ1n) is 6.30. The number of thioether (sulfide) groups is 1. The van der Waals surface area contributed by atoms with E-state index in [1.54, 1.807) is 17.8 Å². The Bertz CT molecular complexity index is 572. The number of carbonyl (C=O) groups is 3. The average molecular weight is 292 g/mol. The van der Waals surface area contributed by atoms with Gasteiger partial charge in [-0.1, -0.05) is 6.07 Å². The van der Waals surface area contributed by atoms with Crippen molar-refractivity contribution in [3.05, 3.63) is 29.3 Å². The van der Waals surface area contributed by atoms with Crippen LogP contribution in [-0.2, 0) is 9.59 Å². The number of nitrogens with one attached hydrogen (secondary N) is 2. The first-order chi connectivity index (χ1) is 9.51. The Morgan fingerprint density at radius 2 is 2.15 bits per heavy atom. The Balaban J connectivity index is 2.12. The van der Waals surface area contributed by atoms with Gasteiger partial charge in [-0.2, -0.15) is 0 Å². The molecule has 1 saturated heterocycles. The van der Waals surface area contributed by atoms with Gasteiger partial charge in [-0.3, -0.25) is 19.7 Å². The van der Waals surface area contributed by atoms with Gasteiger partial charge in [0.25, 0.3) is 5.91 Å². The smallest absolute Gasteiger partial charge is 0.252 e. The van der Waals surface area contributed by atoms with Crippen LogP contribution < -0.4 is 10.6 Å². The zero-order valence-corrected chi connectivity index (χ0v) is 12.2. The first kappa shape index (κ1) is 14.6. The van der Waals surface area contributed by atoms with Gasteiger partial charge in [-0.25, -0.2) is 0 Å². The molecule has 0 spiro atoms. The number of rotatable bonds is 3. The lowest BCUT2D eigenvalue weighted by Crippen LogP contribution is -2.52. The molecule has 1 aliphatic heterocycles. The topological polar surface area (TPSA) is 75.3 Å². The number of piperidine rings is 1. The van der Waals surface area contributed by atoms with Crippen LogP contribution in [0.25, 0.3) is 0 Å². The van der Waals surface area contributed by atoms with Crippen molar-refractivity contribution in [2.75, 3.05) is 6.26 Å². The third kappa shape index (κ3) is 3.19. The monoisotopic (exact) mass is 292 g/mol. The fourth-order valence-electron chi connectivity index (χ4n) is 2.04. The normalized spacial score (nSPS) is 18.6. The van der Waals surface area contributed by atoms with Crippen molar-refractivity contribution in [2.24, 2.45) is 0 Å². The molecule has 20 heavy (non-hydrogen) atoms. The highest BCUT2D eigenvalue weighted by Gasteiger charge is 2.28. The van der Waals surface area contributed by atoms with Crippen LogP contribution >= 0.6 is 11.8 Å². The summed E-state index contributed by atoms with van der Waals surface area (Å²) >= 11 is 1.55. The summed E-state index contributed by atoms with van der Waals surface area (Å²) in [5, 5.41) is 4.91. The highest BCUT2D eigenvalue weighted by molar-refractivity contribution is 7.98. The minimum Gasteiger partial charge on any atom is -0.340 e. The van der Waals surface area contributed by atoms with E-state index in [2.05, 4.69) is 10.6 Å². The van der Waals surface area contributed by atoms with Gasteiger partial charge in [0.05, 0.1) is 0 Å². The molecule has 1 aromatic rings. The van der Waals surface area contributed by atoms with Gasteiger partial charge in [0, 0.05) is 16.9 Å². The fourth-order valence-corrected chi connectivity index (χ4v) is 2.48. The molecular weight excluding hydrogens is 276 g/mol. The molecule has 2 rings (SSSR count). The maximum atomic E-state index is 12.2. The summed E-state index contributed by atoms with van der Waals surface area (Å²) in [6.45, 7) is 1.85. The second kappa shape index (κ2) is 6.09.